The lowest BCUT2D eigenvalue weighted by molar-refractivity contribution is 0.496. The molecule has 1 atom stereocenters. The van der Waals surface area contributed by atoms with E-state index in [2.05, 4.69) is 6.92 Å². The fraction of sp³-hybridized carbons (Fsp3) is 0.250. The first-order valence-corrected chi connectivity index (χ1v) is 10.8. The highest BCUT2D eigenvalue weighted by molar-refractivity contribution is 6.31. The number of rotatable bonds is 4. The smallest absolute Gasteiger partial charge is 0.265 e. The van der Waals surface area contributed by atoms with E-state index in [-0.39, 0.29) is 11.6 Å². The molecule has 7 heteroatoms. The molecule has 3 heterocycles. The molecule has 0 fully saturated rings. The van der Waals surface area contributed by atoms with Crippen LogP contribution in [0.3, 0.4) is 0 Å². The van der Waals surface area contributed by atoms with E-state index in [4.69, 9.17) is 26.6 Å². The van der Waals surface area contributed by atoms with Gasteiger partial charge in [-0.15, -0.1) is 0 Å². The maximum absolute atomic E-state index is 13.6. The third-order valence-electron chi connectivity index (χ3n) is 5.89. The number of nitrogens with zero attached hydrogens (tertiary/aromatic N) is 5. The van der Waals surface area contributed by atoms with Gasteiger partial charge in [0.05, 0.1) is 17.6 Å². The number of hydrogen-bond donors (Lipinski definition) is 0. The molecular formula is C24H22ClN5O. The van der Waals surface area contributed by atoms with Crippen molar-refractivity contribution in [1.29, 1.82) is 0 Å². The van der Waals surface area contributed by atoms with Gasteiger partial charge >= 0.3 is 0 Å². The Morgan fingerprint density at radius 3 is 2.35 bits per heavy atom. The van der Waals surface area contributed by atoms with Crippen molar-refractivity contribution in [3.63, 3.8) is 0 Å². The Hall–Kier alpha value is -3.25. The zero-order chi connectivity index (χ0) is 21.7. The fourth-order valence-corrected chi connectivity index (χ4v) is 4.32. The van der Waals surface area contributed by atoms with E-state index in [1.54, 1.807) is 4.57 Å². The Morgan fingerprint density at radius 1 is 0.968 bits per heavy atom. The van der Waals surface area contributed by atoms with Gasteiger partial charge in [-0.2, -0.15) is 0 Å². The average molecular weight is 432 g/mol. The topological polar surface area (TPSA) is 65.6 Å². The molecule has 0 aliphatic rings. The van der Waals surface area contributed by atoms with Crippen LogP contribution in [0.2, 0.25) is 5.02 Å². The van der Waals surface area contributed by atoms with Gasteiger partial charge in [0, 0.05) is 11.1 Å². The minimum Gasteiger partial charge on any atom is -0.304 e. The molecule has 5 rings (SSSR count). The Bertz CT molecular complexity index is 1520. The first-order chi connectivity index (χ1) is 15.0. The summed E-state index contributed by atoms with van der Waals surface area (Å²) in [7, 11) is 0. The van der Waals surface area contributed by atoms with E-state index < -0.39 is 0 Å². The Labute approximate surface area is 184 Å². The van der Waals surface area contributed by atoms with Crippen molar-refractivity contribution in [3.8, 4) is 0 Å². The van der Waals surface area contributed by atoms with Gasteiger partial charge in [0.25, 0.3) is 5.56 Å². The zero-order valence-corrected chi connectivity index (χ0v) is 18.4. The van der Waals surface area contributed by atoms with Crippen LogP contribution in [0.15, 0.2) is 53.3 Å². The predicted molar refractivity (Wildman–Crippen MR) is 125 cm³/mol. The second kappa shape index (κ2) is 7.46. The second-order valence-corrected chi connectivity index (χ2v) is 8.26. The predicted octanol–water partition coefficient (Wildman–Crippen LogP) is 5.28. The number of benzene rings is 2. The van der Waals surface area contributed by atoms with Gasteiger partial charge in [-0.05, 0) is 44.0 Å². The van der Waals surface area contributed by atoms with Crippen LogP contribution in [0, 0.1) is 6.92 Å². The molecular weight excluding hydrogens is 410 g/mol. The summed E-state index contributed by atoms with van der Waals surface area (Å²) in [6.45, 7) is 6.43. The van der Waals surface area contributed by atoms with Gasteiger partial charge in [-0.25, -0.2) is 15.0 Å². The highest BCUT2D eigenvalue weighted by atomic mass is 35.5. The Balaban J connectivity index is 1.92. The number of aromatic nitrogens is 5. The molecule has 0 bridgehead atoms. The summed E-state index contributed by atoms with van der Waals surface area (Å²) in [5.41, 5.74) is 4.19. The van der Waals surface area contributed by atoms with Crippen LogP contribution in [0.1, 0.15) is 37.7 Å². The number of halogens is 1. The molecule has 0 amide bonds. The van der Waals surface area contributed by atoms with Gasteiger partial charge < -0.3 is 4.57 Å². The minimum absolute atomic E-state index is 0.0415. The molecule has 1 unspecified atom stereocenters. The Morgan fingerprint density at radius 2 is 1.65 bits per heavy atom. The van der Waals surface area contributed by atoms with Crippen LogP contribution in [0.25, 0.3) is 33.2 Å². The largest absolute Gasteiger partial charge is 0.304 e. The lowest BCUT2D eigenvalue weighted by Crippen LogP contribution is -2.26. The van der Waals surface area contributed by atoms with Gasteiger partial charge in [-0.1, -0.05) is 48.9 Å². The van der Waals surface area contributed by atoms with E-state index in [1.807, 2.05) is 66.9 Å². The number of fused-ring (bicyclic) bond motifs is 4. The van der Waals surface area contributed by atoms with E-state index in [0.717, 1.165) is 23.0 Å². The van der Waals surface area contributed by atoms with Crippen LogP contribution in [-0.4, -0.2) is 24.1 Å². The molecule has 0 saturated carbocycles. The molecule has 3 aromatic heterocycles. The number of hydrogen-bond acceptors (Lipinski definition) is 4. The van der Waals surface area contributed by atoms with Gasteiger partial charge in [0.15, 0.2) is 11.3 Å². The zero-order valence-electron chi connectivity index (χ0n) is 17.6. The minimum atomic E-state index is -0.0793. The van der Waals surface area contributed by atoms with E-state index in [9.17, 15) is 4.79 Å². The summed E-state index contributed by atoms with van der Waals surface area (Å²) in [5.74, 6) is 0.680. The van der Waals surface area contributed by atoms with Crippen molar-refractivity contribution in [3.05, 3.63) is 75.3 Å². The molecule has 6 nitrogen and oxygen atoms in total. The fourth-order valence-electron chi connectivity index (χ4n) is 4.12. The highest BCUT2D eigenvalue weighted by Crippen LogP contribution is 2.28. The lowest BCUT2D eigenvalue weighted by atomic mass is 10.2. The summed E-state index contributed by atoms with van der Waals surface area (Å²) in [6, 6.07) is 15.4. The van der Waals surface area contributed by atoms with E-state index >= 15 is 0 Å². The quantitative estimate of drug-likeness (QED) is 0.388. The molecule has 0 saturated heterocycles. The standard InChI is InChI=1S/C24H22ClN5O/c1-4-14(2)30-15(3)26-22-20(24(30)31)21-23(28-19-12-8-7-11-18(19)27-21)29(22)13-16-9-5-6-10-17(16)25/h5-12,14H,4,13H2,1-3H3. The van der Waals surface area contributed by atoms with Crippen molar-refractivity contribution in [2.45, 2.75) is 39.8 Å². The molecule has 31 heavy (non-hydrogen) atoms. The Kier molecular flexibility index (Phi) is 4.74. The van der Waals surface area contributed by atoms with Crippen molar-refractivity contribution in [2.24, 2.45) is 0 Å². The summed E-state index contributed by atoms with van der Waals surface area (Å²) in [4.78, 5) is 28.2. The van der Waals surface area contributed by atoms with Crippen molar-refractivity contribution in [1.82, 2.24) is 24.1 Å². The van der Waals surface area contributed by atoms with Crippen molar-refractivity contribution >= 4 is 44.8 Å². The summed E-state index contributed by atoms with van der Waals surface area (Å²) in [5, 5.41) is 1.17. The summed E-state index contributed by atoms with van der Waals surface area (Å²) in [6.07, 6.45) is 0.834. The molecule has 0 aliphatic heterocycles. The van der Waals surface area contributed by atoms with Crippen LogP contribution >= 0.6 is 11.6 Å². The molecule has 5 aromatic rings. The average Bonchev–Trinajstić information content (AvgIpc) is 3.06. The second-order valence-electron chi connectivity index (χ2n) is 7.85. The van der Waals surface area contributed by atoms with Gasteiger partial charge in [0.2, 0.25) is 0 Å². The molecule has 0 spiro atoms. The van der Waals surface area contributed by atoms with E-state index in [0.29, 0.717) is 39.6 Å². The van der Waals surface area contributed by atoms with Crippen LogP contribution in [-0.2, 0) is 6.54 Å². The van der Waals surface area contributed by atoms with Crippen molar-refractivity contribution < 1.29 is 0 Å². The third kappa shape index (κ3) is 3.10. The first-order valence-electron chi connectivity index (χ1n) is 10.4. The molecule has 2 aromatic carbocycles. The summed E-state index contributed by atoms with van der Waals surface area (Å²) < 4.78 is 3.72. The molecule has 156 valence electrons. The van der Waals surface area contributed by atoms with Gasteiger partial charge in [0.1, 0.15) is 16.7 Å². The monoisotopic (exact) mass is 431 g/mol. The molecule has 0 N–H and O–H groups in total. The maximum atomic E-state index is 13.6. The number of aryl methyl sites for hydroxylation is 1. The lowest BCUT2D eigenvalue weighted by Gasteiger charge is -2.16. The SMILES string of the molecule is CCC(C)n1c(C)nc2c(c1=O)c1nc3ccccc3nc1n2Cc1ccccc1Cl. The molecule has 0 radical (unpaired) electrons. The van der Waals surface area contributed by atoms with Crippen LogP contribution in [0.4, 0.5) is 0 Å². The maximum Gasteiger partial charge on any atom is 0.265 e. The van der Waals surface area contributed by atoms with Crippen molar-refractivity contribution in [2.75, 3.05) is 0 Å². The highest BCUT2D eigenvalue weighted by Gasteiger charge is 2.23. The summed E-state index contributed by atoms with van der Waals surface area (Å²) >= 11 is 6.45. The normalized spacial score (nSPS) is 12.8. The van der Waals surface area contributed by atoms with Crippen LogP contribution < -0.4 is 5.56 Å². The van der Waals surface area contributed by atoms with E-state index in [1.165, 1.54) is 0 Å². The van der Waals surface area contributed by atoms with Crippen LogP contribution in [0.5, 0.6) is 0 Å². The van der Waals surface area contributed by atoms with Gasteiger partial charge in [-0.3, -0.25) is 9.36 Å². The molecule has 0 aliphatic carbocycles. The first kappa shape index (κ1) is 19.7. The third-order valence-corrected chi connectivity index (χ3v) is 6.26. The number of para-hydroxylation sites is 2.